The van der Waals surface area contributed by atoms with Crippen LogP contribution < -0.4 is 4.31 Å². The molecule has 0 aliphatic carbocycles. The molecule has 0 aliphatic rings. The molecule has 5 nitrogen and oxygen atoms in total. The predicted octanol–water partition coefficient (Wildman–Crippen LogP) is 3.62. The van der Waals surface area contributed by atoms with E-state index in [1.54, 1.807) is 18.2 Å². The van der Waals surface area contributed by atoms with Gasteiger partial charge in [0.15, 0.2) is 0 Å². The molecule has 0 aliphatic heterocycles. The number of sulfonamides is 1. The first-order chi connectivity index (χ1) is 11.7. The average Bonchev–Trinajstić information content (AvgIpc) is 2.55. The number of carboxylic acid groups (broad SMARTS) is 1. The summed E-state index contributed by atoms with van der Waals surface area (Å²) in [6.07, 6.45) is -0.340. The van der Waals surface area contributed by atoms with E-state index in [-0.39, 0.29) is 23.8 Å². The molecule has 2 rings (SSSR count). The number of anilines is 1. The van der Waals surface area contributed by atoms with Crippen LogP contribution in [0.15, 0.2) is 53.4 Å². The van der Waals surface area contributed by atoms with E-state index >= 15 is 0 Å². The van der Waals surface area contributed by atoms with Gasteiger partial charge in [-0.1, -0.05) is 32.0 Å². The minimum Gasteiger partial charge on any atom is -0.481 e. The summed E-state index contributed by atoms with van der Waals surface area (Å²) in [6.45, 7) is 3.65. The van der Waals surface area contributed by atoms with Crippen molar-refractivity contribution in [1.82, 2.24) is 0 Å². The zero-order valence-electron chi connectivity index (χ0n) is 14.0. The lowest BCUT2D eigenvalue weighted by Crippen LogP contribution is -2.34. The standard InChI is InChI=1S/C18H20FNO4S/c1-13(2)16-5-3-4-6-17(16)20(12-11-18(21)22)25(23,24)15-9-7-14(19)8-10-15/h3-10,13H,11-12H2,1-2H3,(H,21,22). The molecule has 0 unspecified atom stereocenters. The summed E-state index contributed by atoms with van der Waals surface area (Å²) in [5.74, 6) is -1.59. The molecule has 0 spiro atoms. The van der Waals surface area contributed by atoms with E-state index in [4.69, 9.17) is 5.11 Å². The van der Waals surface area contributed by atoms with Crippen LogP contribution in [0.4, 0.5) is 10.1 Å². The third-order valence-corrected chi connectivity index (χ3v) is 5.59. The lowest BCUT2D eigenvalue weighted by atomic mass is 10.0. The number of hydrogen-bond donors (Lipinski definition) is 1. The summed E-state index contributed by atoms with van der Waals surface area (Å²) < 4.78 is 40.3. The van der Waals surface area contributed by atoms with Gasteiger partial charge in [-0.05, 0) is 41.8 Å². The zero-order valence-corrected chi connectivity index (χ0v) is 14.8. The maximum Gasteiger partial charge on any atom is 0.305 e. The lowest BCUT2D eigenvalue weighted by molar-refractivity contribution is -0.136. The van der Waals surface area contributed by atoms with E-state index < -0.39 is 21.8 Å². The summed E-state index contributed by atoms with van der Waals surface area (Å²) in [5, 5.41) is 8.99. The molecule has 0 aromatic heterocycles. The first-order valence-corrected chi connectivity index (χ1v) is 9.26. The summed E-state index contributed by atoms with van der Waals surface area (Å²) >= 11 is 0. The predicted molar refractivity (Wildman–Crippen MR) is 93.7 cm³/mol. The van der Waals surface area contributed by atoms with E-state index in [1.807, 2.05) is 19.9 Å². The highest BCUT2D eigenvalue weighted by atomic mass is 32.2. The van der Waals surface area contributed by atoms with Crippen LogP contribution in [-0.4, -0.2) is 26.0 Å². The fourth-order valence-electron chi connectivity index (χ4n) is 2.50. The Kier molecular flexibility index (Phi) is 5.79. The van der Waals surface area contributed by atoms with Gasteiger partial charge in [-0.25, -0.2) is 12.8 Å². The molecule has 1 N–H and O–H groups in total. The maximum absolute atomic E-state index is 13.1. The highest BCUT2D eigenvalue weighted by Crippen LogP contribution is 2.31. The molecule has 0 radical (unpaired) electrons. The number of halogens is 1. The SMILES string of the molecule is CC(C)c1ccccc1N(CCC(=O)O)S(=O)(=O)c1ccc(F)cc1. The van der Waals surface area contributed by atoms with E-state index in [0.717, 1.165) is 22.0 Å². The van der Waals surface area contributed by atoms with Gasteiger partial charge in [0, 0.05) is 6.54 Å². The van der Waals surface area contributed by atoms with Crippen molar-refractivity contribution in [2.24, 2.45) is 0 Å². The van der Waals surface area contributed by atoms with Gasteiger partial charge in [-0.2, -0.15) is 0 Å². The van der Waals surface area contributed by atoms with Gasteiger partial charge in [-0.15, -0.1) is 0 Å². The summed E-state index contributed by atoms with van der Waals surface area (Å²) in [4.78, 5) is 10.9. The van der Waals surface area contributed by atoms with Crippen molar-refractivity contribution in [2.45, 2.75) is 31.1 Å². The van der Waals surface area contributed by atoms with Crippen molar-refractivity contribution in [1.29, 1.82) is 0 Å². The first kappa shape index (κ1) is 18.9. The number of nitrogens with zero attached hydrogens (tertiary/aromatic N) is 1. The largest absolute Gasteiger partial charge is 0.481 e. The van der Waals surface area contributed by atoms with Crippen molar-refractivity contribution in [3.8, 4) is 0 Å². The van der Waals surface area contributed by atoms with E-state index in [0.29, 0.717) is 5.69 Å². The highest BCUT2D eigenvalue weighted by molar-refractivity contribution is 7.92. The Labute approximate surface area is 146 Å². The Balaban J connectivity index is 2.56. The number of para-hydroxylation sites is 1. The fourth-order valence-corrected chi connectivity index (χ4v) is 4.00. The third kappa shape index (κ3) is 4.36. The summed E-state index contributed by atoms with van der Waals surface area (Å²) in [5.41, 5.74) is 1.22. The smallest absolute Gasteiger partial charge is 0.305 e. The number of aliphatic carboxylic acids is 1. The van der Waals surface area contributed by atoms with Crippen LogP contribution in [0.2, 0.25) is 0 Å². The number of hydrogen-bond acceptors (Lipinski definition) is 3. The number of rotatable bonds is 7. The van der Waals surface area contributed by atoms with Crippen LogP contribution in [0.1, 0.15) is 31.7 Å². The van der Waals surface area contributed by atoms with E-state index in [1.165, 1.54) is 12.1 Å². The van der Waals surface area contributed by atoms with Gasteiger partial charge in [-0.3, -0.25) is 9.10 Å². The quantitative estimate of drug-likeness (QED) is 0.813. The van der Waals surface area contributed by atoms with Gasteiger partial charge < -0.3 is 5.11 Å². The van der Waals surface area contributed by atoms with Crippen LogP contribution in [0.25, 0.3) is 0 Å². The van der Waals surface area contributed by atoms with Crippen LogP contribution in [-0.2, 0) is 14.8 Å². The molecule has 0 saturated heterocycles. The molecule has 0 heterocycles. The normalized spacial score (nSPS) is 11.5. The minimum absolute atomic E-state index is 0.0481. The second-order valence-electron chi connectivity index (χ2n) is 5.89. The topological polar surface area (TPSA) is 74.7 Å². The Bertz CT molecular complexity index is 848. The van der Waals surface area contributed by atoms with Crippen molar-refractivity contribution in [2.75, 3.05) is 10.8 Å². The molecular formula is C18H20FNO4S. The number of carbonyl (C=O) groups is 1. The Morgan fingerprint density at radius 2 is 1.72 bits per heavy atom. The van der Waals surface area contributed by atoms with Gasteiger partial charge in [0.2, 0.25) is 0 Å². The molecule has 0 saturated carbocycles. The fraction of sp³-hybridized carbons (Fsp3) is 0.278. The van der Waals surface area contributed by atoms with Gasteiger partial charge in [0.25, 0.3) is 10.0 Å². The Morgan fingerprint density at radius 3 is 2.28 bits per heavy atom. The zero-order chi connectivity index (χ0) is 18.6. The molecule has 2 aromatic carbocycles. The van der Waals surface area contributed by atoms with Crippen LogP contribution >= 0.6 is 0 Å². The van der Waals surface area contributed by atoms with Crippen LogP contribution in [0.3, 0.4) is 0 Å². The first-order valence-electron chi connectivity index (χ1n) is 7.82. The summed E-state index contributed by atoms with van der Waals surface area (Å²) in [7, 11) is -4.02. The minimum atomic E-state index is -4.02. The maximum atomic E-state index is 13.1. The van der Waals surface area contributed by atoms with Crippen molar-refractivity contribution in [3.05, 3.63) is 59.9 Å². The second-order valence-corrected chi connectivity index (χ2v) is 7.75. The Morgan fingerprint density at radius 1 is 1.12 bits per heavy atom. The molecule has 134 valence electrons. The molecule has 2 aromatic rings. The van der Waals surface area contributed by atoms with Crippen molar-refractivity contribution >= 4 is 21.7 Å². The van der Waals surface area contributed by atoms with E-state index in [2.05, 4.69) is 0 Å². The van der Waals surface area contributed by atoms with Crippen LogP contribution in [0, 0.1) is 5.82 Å². The van der Waals surface area contributed by atoms with Gasteiger partial charge >= 0.3 is 5.97 Å². The highest BCUT2D eigenvalue weighted by Gasteiger charge is 2.27. The molecular weight excluding hydrogens is 345 g/mol. The summed E-state index contributed by atoms with van der Waals surface area (Å²) in [6, 6.07) is 11.5. The molecule has 0 fully saturated rings. The Hall–Kier alpha value is -2.41. The van der Waals surface area contributed by atoms with Gasteiger partial charge in [0.1, 0.15) is 5.82 Å². The molecule has 7 heteroatoms. The van der Waals surface area contributed by atoms with Gasteiger partial charge in [0.05, 0.1) is 17.0 Å². The number of carboxylic acids is 1. The van der Waals surface area contributed by atoms with Crippen LogP contribution in [0.5, 0.6) is 0 Å². The monoisotopic (exact) mass is 365 g/mol. The third-order valence-electron chi connectivity index (χ3n) is 3.76. The van der Waals surface area contributed by atoms with E-state index in [9.17, 15) is 17.6 Å². The number of benzene rings is 2. The molecule has 0 atom stereocenters. The molecule has 25 heavy (non-hydrogen) atoms. The molecule has 0 bridgehead atoms. The van der Waals surface area contributed by atoms with Crippen molar-refractivity contribution < 1.29 is 22.7 Å². The average molecular weight is 365 g/mol. The second kappa shape index (κ2) is 7.65. The lowest BCUT2D eigenvalue weighted by Gasteiger charge is -2.27. The van der Waals surface area contributed by atoms with Crippen molar-refractivity contribution in [3.63, 3.8) is 0 Å². The molecule has 0 amide bonds.